The number of rotatable bonds is 8. The lowest BCUT2D eigenvalue weighted by Gasteiger charge is -2.21. The molecule has 0 amide bonds. The van der Waals surface area contributed by atoms with Crippen LogP contribution in [-0.2, 0) is 19.5 Å². The first kappa shape index (κ1) is 23.5. The summed E-state index contributed by atoms with van der Waals surface area (Å²) in [6, 6.07) is 12.1. The predicted octanol–water partition coefficient (Wildman–Crippen LogP) is 5.13. The topological polar surface area (TPSA) is 94.3 Å². The molecule has 9 heteroatoms. The van der Waals surface area contributed by atoms with Crippen LogP contribution < -0.4 is 5.69 Å². The van der Waals surface area contributed by atoms with Gasteiger partial charge in [0, 0.05) is 18.3 Å². The van der Waals surface area contributed by atoms with Crippen molar-refractivity contribution in [1.82, 2.24) is 34.7 Å². The summed E-state index contributed by atoms with van der Waals surface area (Å²) in [7, 11) is 0. The largest absolute Gasteiger partial charge is 0.329 e. The van der Waals surface area contributed by atoms with Crippen molar-refractivity contribution in [2.75, 3.05) is 0 Å². The zero-order valence-corrected chi connectivity index (χ0v) is 20.7. The predicted molar refractivity (Wildman–Crippen MR) is 136 cm³/mol. The molecule has 35 heavy (non-hydrogen) atoms. The first-order valence-corrected chi connectivity index (χ1v) is 12.8. The van der Waals surface area contributed by atoms with Crippen LogP contribution in [0.2, 0.25) is 5.15 Å². The Bertz CT molecular complexity index is 1320. The molecule has 0 saturated heterocycles. The van der Waals surface area contributed by atoms with Crippen molar-refractivity contribution in [2.24, 2.45) is 5.92 Å². The summed E-state index contributed by atoms with van der Waals surface area (Å²) >= 11 is 6.79. The molecule has 0 atom stereocenters. The van der Waals surface area contributed by atoms with E-state index in [1.807, 2.05) is 33.4 Å². The van der Waals surface area contributed by atoms with Gasteiger partial charge in [0.05, 0.1) is 12.2 Å². The van der Waals surface area contributed by atoms with E-state index in [9.17, 15) is 4.79 Å². The van der Waals surface area contributed by atoms with Crippen molar-refractivity contribution < 1.29 is 0 Å². The third kappa shape index (κ3) is 4.93. The number of hydrogen-bond donors (Lipinski definition) is 1. The number of aromatic amines is 1. The minimum absolute atomic E-state index is 0.000431. The minimum atomic E-state index is 0.000431. The number of benzene rings is 1. The quantitative estimate of drug-likeness (QED) is 0.369. The number of nitrogens with zero attached hydrogens (tertiary/aromatic N) is 6. The van der Waals surface area contributed by atoms with Gasteiger partial charge in [-0.25, -0.2) is 9.89 Å². The fourth-order valence-corrected chi connectivity index (χ4v) is 5.43. The number of pyridine rings is 1. The van der Waals surface area contributed by atoms with E-state index < -0.39 is 0 Å². The van der Waals surface area contributed by atoms with Crippen LogP contribution in [0.3, 0.4) is 0 Å². The summed E-state index contributed by atoms with van der Waals surface area (Å²) in [5, 5.41) is 14.7. The van der Waals surface area contributed by atoms with Crippen LogP contribution in [0.1, 0.15) is 56.7 Å². The summed E-state index contributed by atoms with van der Waals surface area (Å²) in [4.78, 5) is 17.9. The van der Waals surface area contributed by atoms with Crippen molar-refractivity contribution in [1.29, 1.82) is 0 Å². The molecule has 1 aromatic carbocycles. The van der Waals surface area contributed by atoms with Crippen molar-refractivity contribution >= 4 is 11.6 Å². The van der Waals surface area contributed by atoms with Crippen molar-refractivity contribution in [3.63, 3.8) is 0 Å². The number of nitrogens with one attached hydrogen (secondary N) is 1. The molecule has 1 aliphatic rings. The Kier molecular flexibility index (Phi) is 7.08. The Morgan fingerprint density at radius 1 is 1.09 bits per heavy atom. The summed E-state index contributed by atoms with van der Waals surface area (Å²) in [5.41, 5.74) is 4.61. The number of hydrogen-bond acceptors (Lipinski definition) is 5. The maximum absolute atomic E-state index is 13.4. The van der Waals surface area contributed by atoms with E-state index in [1.165, 1.54) is 32.1 Å². The monoisotopic (exact) mass is 491 g/mol. The van der Waals surface area contributed by atoms with Crippen LogP contribution in [0.25, 0.3) is 22.6 Å². The van der Waals surface area contributed by atoms with Gasteiger partial charge in [-0.3, -0.25) is 14.1 Å². The van der Waals surface area contributed by atoms with Crippen molar-refractivity contribution in [2.45, 2.75) is 65.0 Å². The second-order valence-electron chi connectivity index (χ2n) is 9.32. The molecule has 0 radical (unpaired) electrons. The number of halogens is 1. The van der Waals surface area contributed by atoms with Crippen LogP contribution in [-0.4, -0.2) is 34.7 Å². The molecule has 0 bridgehead atoms. The fraction of sp³-hybridized carbons (Fsp3) is 0.423. The van der Waals surface area contributed by atoms with Crippen molar-refractivity contribution in [3.05, 3.63) is 69.5 Å². The van der Waals surface area contributed by atoms with Gasteiger partial charge in [0.1, 0.15) is 10.8 Å². The Morgan fingerprint density at radius 3 is 2.60 bits per heavy atom. The molecule has 0 spiro atoms. The molecule has 3 heterocycles. The lowest BCUT2D eigenvalue weighted by Crippen LogP contribution is -2.28. The molecule has 3 aromatic heterocycles. The van der Waals surface area contributed by atoms with Gasteiger partial charge in [-0.15, -0.1) is 5.10 Å². The van der Waals surface area contributed by atoms with Crippen LogP contribution in [0.15, 0.2) is 47.4 Å². The van der Waals surface area contributed by atoms with E-state index in [2.05, 4.69) is 44.7 Å². The van der Waals surface area contributed by atoms with E-state index in [4.69, 9.17) is 11.6 Å². The maximum Gasteiger partial charge on any atom is 0.329 e. The molecule has 1 saturated carbocycles. The Balaban J connectivity index is 1.42. The van der Waals surface area contributed by atoms with E-state index in [-0.39, 0.29) is 5.69 Å². The van der Waals surface area contributed by atoms with Gasteiger partial charge in [-0.05, 0) is 52.8 Å². The van der Waals surface area contributed by atoms with Gasteiger partial charge in [0.25, 0.3) is 0 Å². The first-order valence-electron chi connectivity index (χ1n) is 12.4. The molecule has 0 unspecified atom stereocenters. The number of tetrazole rings is 1. The second-order valence-corrected chi connectivity index (χ2v) is 9.68. The smallest absolute Gasteiger partial charge is 0.290 e. The highest BCUT2D eigenvalue weighted by Crippen LogP contribution is 2.29. The van der Waals surface area contributed by atoms with Gasteiger partial charge in [-0.2, -0.15) is 0 Å². The van der Waals surface area contributed by atoms with E-state index in [1.54, 1.807) is 6.20 Å². The van der Waals surface area contributed by atoms with E-state index in [0.29, 0.717) is 29.1 Å². The molecule has 182 valence electrons. The number of aromatic nitrogens is 7. The van der Waals surface area contributed by atoms with Crippen LogP contribution in [0, 0.1) is 5.92 Å². The van der Waals surface area contributed by atoms with Crippen LogP contribution >= 0.6 is 11.6 Å². The number of H-pyrrole nitrogens is 1. The molecular weight excluding hydrogens is 462 g/mol. The SMILES string of the molecule is CCCc1c(Cl)n(CC2CCCCC2)c(=O)n1Cc1ccc(-c2cccnc2-c2nnn[nH]2)cc1. The Morgan fingerprint density at radius 2 is 1.89 bits per heavy atom. The third-order valence-corrected chi connectivity index (χ3v) is 7.32. The Hall–Kier alpha value is -3.26. The summed E-state index contributed by atoms with van der Waals surface area (Å²) < 4.78 is 3.67. The van der Waals surface area contributed by atoms with Gasteiger partial charge in [0.15, 0.2) is 5.82 Å². The minimum Gasteiger partial charge on any atom is -0.290 e. The second kappa shape index (κ2) is 10.6. The standard InChI is InChI=1S/C26H30ClN7O/c1-2-7-22-24(27)34(17-18-8-4-3-5-9-18)26(35)33(22)16-19-11-13-20(14-12-19)21-10-6-15-28-23(21)25-29-31-32-30-25/h6,10-15,18H,2-5,7-9,16-17H2,1H3,(H,29,30,31,32). The van der Waals surface area contributed by atoms with E-state index in [0.717, 1.165) is 41.8 Å². The zero-order chi connectivity index (χ0) is 24.2. The fourth-order valence-electron chi connectivity index (χ4n) is 5.10. The number of imidazole rings is 1. The molecule has 4 aromatic rings. The average molecular weight is 492 g/mol. The molecule has 1 aliphatic carbocycles. The lowest BCUT2D eigenvalue weighted by atomic mass is 9.89. The molecule has 8 nitrogen and oxygen atoms in total. The van der Waals surface area contributed by atoms with Gasteiger partial charge in [0.2, 0.25) is 0 Å². The van der Waals surface area contributed by atoms with Gasteiger partial charge >= 0.3 is 5.69 Å². The maximum atomic E-state index is 13.4. The summed E-state index contributed by atoms with van der Waals surface area (Å²) in [5.74, 6) is 1.06. The highest BCUT2D eigenvalue weighted by Gasteiger charge is 2.22. The third-order valence-electron chi connectivity index (χ3n) is 6.90. The average Bonchev–Trinajstić information content (AvgIpc) is 3.51. The van der Waals surface area contributed by atoms with Crippen LogP contribution in [0.4, 0.5) is 0 Å². The highest BCUT2D eigenvalue weighted by atomic mass is 35.5. The van der Waals surface area contributed by atoms with Crippen LogP contribution in [0.5, 0.6) is 0 Å². The molecule has 1 fully saturated rings. The molecule has 1 N–H and O–H groups in total. The molecule has 0 aliphatic heterocycles. The zero-order valence-electron chi connectivity index (χ0n) is 20.0. The molecular formula is C26H30ClN7O. The molecule has 5 rings (SSSR count). The normalized spacial score (nSPS) is 14.5. The Labute approximate surface area is 209 Å². The summed E-state index contributed by atoms with van der Waals surface area (Å²) in [6.07, 6.45) is 9.60. The van der Waals surface area contributed by atoms with Gasteiger partial charge in [-0.1, -0.05) is 74.5 Å². The first-order chi connectivity index (χ1) is 17.2. The highest BCUT2D eigenvalue weighted by molar-refractivity contribution is 6.30. The van der Waals surface area contributed by atoms with Crippen molar-refractivity contribution in [3.8, 4) is 22.6 Å². The summed E-state index contributed by atoms with van der Waals surface area (Å²) in [6.45, 7) is 3.34. The van der Waals surface area contributed by atoms with E-state index >= 15 is 0 Å². The van der Waals surface area contributed by atoms with Gasteiger partial charge < -0.3 is 0 Å². The lowest BCUT2D eigenvalue weighted by molar-refractivity contribution is 0.315.